The number of benzene rings is 2. The number of rotatable bonds is 4. The average molecular weight is 281 g/mol. The van der Waals surface area contributed by atoms with Crippen molar-refractivity contribution in [2.45, 2.75) is 25.8 Å². The Labute approximate surface area is 124 Å². The van der Waals surface area contributed by atoms with Crippen LogP contribution in [0.1, 0.15) is 40.9 Å². The minimum Gasteiger partial charge on any atom is -0.494 e. The fourth-order valence-corrected chi connectivity index (χ4v) is 2.82. The molecule has 3 heteroatoms. The van der Waals surface area contributed by atoms with E-state index >= 15 is 0 Å². The summed E-state index contributed by atoms with van der Waals surface area (Å²) in [7, 11) is 0. The Balaban J connectivity index is 1.69. The molecule has 0 heterocycles. The molecule has 0 aliphatic heterocycles. The van der Waals surface area contributed by atoms with E-state index < -0.39 is 0 Å². The van der Waals surface area contributed by atoms with Crippen LogP contribution in [-0.2, 0) is 6.42 Å². The van der Waals surface area contributed by atoms with Gasteiger partial charge in [-0.3, -0.25) is 4.79 Å². The third-order valence-electron chi connectivity index (χ3n) is 3.87. The van der Waals surface area contributed by atoms with E-state index in [2.05, 4.69) is 23.5 Å². The summed E-state index contributed by atoms with van der Waals surface area (Å²) in [5.41, 5.74) is 3.26. The van der Waals surface area contributed by atoms with Crippen molar-refractivity contribution in [3.8, 4) is 5.75 Å². The van der Waals surface area contributed by atoms with Crippen LogP contribution in [0, 0.1) is 0 Å². The SMILES string of the molecule is CCOc1ccc(C(=O)N[C@H]2CCc3ccccc32)cc1. The monoisotopic (exact) mass is 281 g/mol. The van der Waals surface area contributed by atoms with Crippen molar-refractivity contribution in [2.24, 2.45) is 0 Å². The van der Waals surface area contributed by atoms with Gasteiger partial charge in [-0.25, -0.2) is 0 Å². The Bertz CT molecular complexity index is 634. The molecular weight excluding hydrogens is 262 g/mol. The molecule has 0 aromatic heterocycles. The molecule has 2 aromatic rings. The van der Waals surface area contributed by atoms with Gasteiger partial charge in [0.2, 0.25) is 0 Å². The quantitative estimate of drug-likeness (QED) is 0.931. The minimum absolute atomic E-state index is 0.0280. The maximum absolute atomic E-state index is 12.3. The van der Waals surface area contributed by atoms with Crippen molar-refractivity contribution < 1.29 is 9.53 Å². The first-order chi connectivity index (χ1) is 10.3. The number of nitrogens with one attached hydrogen (secondary N) is 1. The molecule has 2 aromatic carbocycles. The summed E-state index contributed by atoms with van der Waals surface area (Å²) >= 11 is 0. The lowest BCUT2D eigenvalue weighted by atomic mass is 10.1. The van der Waals surface area contributed by atoms with Crippen LogP contribution in [0.3, 0.4) is 0 Å². The molecular formula is C18H19NO2. The zero-order chi connectivity index (χ0) is 14.7. The van der Waals surface area contributed by atoms with Crippen molar-refractivity contribution in [3.63, 3.8) is 0 Å². The van der Waals surface area contributed by atoms with E-state index in [1.807, 2.05) is 25.1 Å². The predicted molar refractivity (Wildman–Crippen MR) is 82.6 cm³/mol. The zero-order valence-corrected chi connectivity index (χ0v) is 12.1. The molecule has 3 nitrogen and oxygen atoms in total. The first-order valence-corrected chi connectivity index (χ1v) is 7.39. The third-order valence-corrected chi connectivity index (χ3v) is 3.87. The molecule has 0 saturated heterocycles. The first-order valence-electron chi connectivity index (χ1n) is 7.39. The zero-order valence-electron chi connectivity index (χ0n) is 12.1. The number of fused-ring (bicyclic) bond motifs is 1. The van der Waals surface area contributed by atoms with Crippen LogP contribution in [0.25, 0.3) is 0 Å². The Hall–Kier alpha value is -2.29. The molecule has 21 heavy (non-hydrogen) atoms. The van der Waals surface area contributed by atoms with E-state index in [-0.39, 0.29) is 11.9 Å². The highest BCUT2D eigenvalue weighted by atomic mass is 16.5. The lowest BCUT2D eigenvalue weighted by Gasteiger charge is -2.14. The van der Waals surface area contributed by atoms with Crippen molar-refractivity contribution in [1.29, 1.82) is 0 Å². The molecule has 1 aliphatic carbocycles. The highest BCUT2D eigenvalue weighted by molar-refractivity contribution is 5.94. The Morgan fingerprint density at radius 3 is 2.71 bits per heavy atom. The van der Waals surface area contributed by atoms with Gasteiger partial charge < -0.3 is 10.1 Å². The second-order valence-electron chi connectivity index (χ2n) is 5.22. The summed E-state index contributed by atoms with van der Waals surface area (Å²) in [4.78, 5) is 12.3. The molecule has 1 atom stereocenters. The largest absolute Gasteiger partial charge is 0.494 e. The third kappa shape index (κ3) is 2.92. The van der Waals surface area contributed by atoms with Crippen molar-refractivity contribution in [3.05, 3.63) is 65.2 Å². The van der Waals surface area contributed by atoms with E-state index in [1.54, 1.807) is 12.1 Å². The Morgan fingerprint density at radius 2 is 1.95 bits per heavy atom. The predicted octanol–water partition coefficient (Wildman–Crippen LogP) is 3.50. The average Bonchev–Trinajstić information content (AvgIpc) is 2.92. The normalized spacial score (nSPS) is 16.3. The molecule has 1 aliphatic rings. The van der Waals surface area contributed by atoms with Crippen LogP contribution in [0.15, 0.2) is 48.5 Å². The lowest BCUT2D eigenvalue weighted by molar-refractivity contribution is 0.0936. The fraction of sp³-hybridized carbons (Fsp3) is 0.278. The number of carbonyl (C=O) groups is 1. The summed E-state index contributed by atoms with van der Waals surface area (Å²) in [5.74, 6) is 0.764. The number of ether oxygens (including phenoxy) is 1. The second kappa shape index (κ2) is 6.00. The van der Waals surface area contributed by atoms with E-state index in [1.165, 1.54) is 11.1 Å². The van der Waals surface area contributed by atoms with Gasteiger partial charge in [-0.1, -0.05) is 24.3 Å². The molecule has 1 N–H and O–H groups in total. The first kappa shape index (κ1) is 13.7. The van der Waals surface area contributed by atoms with Gasteiger partial charge in [0.1, 0.15) is 5.75 Å². The second-order valence-corrected chi connectivity index (χ2v) is 5.22. The van der Waals surface area contributed by atoms with E-state index in [4.69, 9.17) is 4.74 Å². The standard InChI is InChI=1S/C18H19NO2/c1-2-21-15-10-7-14(8-11-15)18(20)19-17-12-9-13-5-3-4-6-16(13)17/h3-8,10-11,17H,2,9,12H2,1H3,(H,19,20)/t17-/m0/s1. The highest BCUT2D eigenvalue weighted by Crippen LogP contribution is 2.30. The van der Waals surface area contributed by atoms with Gasteiger partial charge in [-0.2, -0.15) is 0 Å². The van der Waals surface area contributed by atoms with Gasteiger partial charge >= 0.3 is 0 Å². The summed E-state index contributed by atoms with van der Waals surface area (Å²) in [6.45, 7) is 2.57. The summed E-state index contributed by atoms with van der Waals surface area (Å²) < 4.78 is 5.39. The maximum Gasteiger partial charge on any atom is 0.251 e. The van der Waals surface area contributed by atoms with Gasteiger partial charge in [0.05, 0.1) is 12.6 Å². The minimum atomic E-state index is -0.0280. The molecule has 0 bridgehead atoms. The Morgan fingerprint density at radius 1 is 1.19 bits per heavy atom. The van der Waals surface area contributed by atoms with Crippen LogP contribution in [0.4, 0.5) is 0 Å². The topological polar surface area (TPSA) is 38.3 Å². The van der Waals surface area contributed by atoms with E-state index in [0.29, 0.717) is 12.2 Å². The smallest absolute Gasteiger partial charge is 0.251 e. The number of carbonyl (C=O) groups excluding carboxylic acids is 1. The maximum atomic E-state index is 12.3. The van der Waals surface area contributed by atoms with Crippen LogP contribution in [-0.4, -0.2) is 12.5 Å². The molecule has 1 amide bonds. The molecule has 0 unspecified atom stereocenters. The van der Waals surface area contributed by atoms with E-state index in [0.717, 1.165) is 18.6 Å². The molecule has 0 spiro atoms. The fourth-order valence-electron chi connectivity index (χ4n) is 2.82. The highest BCUT2D eigenvalue weighted by Gasteiger charge is 2.23. The number of amides is 1. The van der Waals surface area contributed by atoms with Gasteiger partial charge in [0.15, 0.2) is 0 Å². The van der Waals surface area contributed by atoms with Crippen molar-refractivity contribution in [2.75, 3.05) is 6.61 Å². The number of hydrogen-bond donors (Lipinski definition) is 1. The summed E-state index contributed by atoms with van der Waals surface area (Å²) in [6.07, 6.45) is 2.01. The van der Waals surface area contributed by atoms with Crippen molar-refractivity contribution >= 4 is 5.91 Å². The van der Waals surface area contributed by atoms with Gasteiger partial charge in [-0.05, 0) is 55.2 Å². The molecule has 0 saturated carbocycles. The lowest BCUT2D eigenvalue weighted by Crippen LogP contribution is -2.27. The molecule has 0 fully saturated rings. The Kier molecular flexibility index (Phi) is 3.91. The summed E-state index contributed by atoms with van der Waals surface area (Å²) in [5, 5.41) is 3.12. The van der Waals surface area contributed by atoms with E-state index in [9.17, 15) is 4.79 Å². The number of aryl methyl sites for hydroxylation is 1. The summed E-state index contributed by atoms with van der Waals surface area (Å²) in [6, 6.07) is 15.7. The van der Waals surface area contributed by atoms with Crippen LogP contribution < -0.4 is 10.1 Å². The molecule has 108 valence electrons. The molecule has 0 radical (unpaired) electrons. The van der Waals surface area contributed by atoms with Crippen molar-refractivity contribution in [1.82, 2.24) is 5.32 Å². The van der Waals surface area contributed by atoms with Crippen LogP contribution >= 0.6 is 0 Å². The molecule has 3 rings (SSSR count). The van der Waals surface area contributed by atoms with Gasteiger partial charge in [0.25, 0.3) is 5.91 Å². The number of hydrogen-bond acceptors (Lipinski definition) is 2. The van der Waals surface area contributed by atoms with Gasteiger partial charge in [-0.15, -0.1) is 0 Å². The van der Waals surface area contributed by atoms with Crippen LogP contribution in [0.5, 0.6) is 5.75 Å². The van der Waals surface area contributed by atoms with Gasteiger partial charge in [0, 0.05) is 5.56 Å². The van der Waals surface area contributed by atoms with Crippen LogP contribution in [0.2, 0.25) is 0 Å².